The summed E-state index contributed by atoms with van der Waals surface area (Å²) < 4.78 is 11.0. The molecule has 33 heavy (non-hydrogen) atoms. The molecular weight excluding hydrogens is 426 g/mol. The van der Waals surface area contributed by atoms with Crippen molar-refractivity contribution in [2.24, 2.45) is 0 Å². The van der Waals surface area contributed by atoms with Crippen LogP contribution < -0.4 is 10.6 Å². The zero-order chi connectivity index (χ0) is 22.9. The van der Waals surface area contributed by atoms with Crippen LogP contribution in [0, 0.1) is 0 Å². The molecule has 3 aliphatic rings. The number of β-lactam (4-membered cyclic amide) rings is 2. The van der Waals surface area contributed by atoms with Gasteiger partial charge in [0, 0.05) is 6.54 Å². The van der Waals surface area contributed by atoms with E-state index in [-0.39, 0.29) is 11.8 Å². The molecule has 2 aromatic rings. The van der Waals surface area contributed by atoms with E-state index >= 15 is 0 Å². The third kappa shape index (κ3) is 3.90. The predicted octanol–water partition coefficient (Wildman–Crippen LogP) is 1.61. The molecule has 9 heteroatoms. The van der Waals surface area contributed by atoms with Crippen LogP contribution >= 0.6 is 0 Å². The lowest BCUT2D eigenvalue weighted by molar-refractivity contribution is -0.169. The summed E-state index contributed by atoms with van der Waals surface area (Å²) in [5.74, 6) is -1.41. The molecule has 9 nitrogen and oxygen atoms in total. The third-order valence-electron chi connectivity index (χ3n) is 6.27. The number of ether oxygens (including phenoxy) is 2. The number of likely N-dealkylation sites (tertiary alicyclic amines) is 1. The summed E-state index contributed by atoms with van der Waals surface area (Å²) in [6.45, 7) is 0.307. The lowest BCUT2D eigenvalue weighted by atomic mass is 9.94. The number of amides is 3. The largest absolute Gasteiger partial charge is 0.448 e. The highest BCUT2D eigenvalue weighted by Crippen LogP contribution is 2.31. The third-order valence-corrected chi connectivity index (χ3v) is 6.27. The average molecular weight is 449 g/mol. The Labute approximate surface area is 190 Å². The fraction of sp³-hybridized carbons (Fsp3) is 0.333. The SMILES string of the molecule is O=C(O[C@H]1C(=O)N[C@@H]1c1ccccc1)C1CCCN1C(=O)O[C@H]1C(=O)N[C@@H]1c1ccccc1. The average Bonchev–Trinajstić information content (AvgIpc) is 3.34. The second kappa shape index (κ2) is 8.57. The lowest BCUT2D eigenvalue weighted by Gasteiger charge is -2.38. The van der Waals surface area contributed by atoms with Gasteiger partial charge in [0.05, 0.1) is 0 Å². The number of rotatable bonds is 5. The number of benzene rings is 2. The molecule has 0 aliphatic carbocycles. The zero-order valence-electron chi connectivity index (χ0n) is 17.7. The minimum absolute atomic E-state index is 0.307. The van der Waals surface area contributed by atoms with Crippen molar-refractivity contribution in [3.63, 3.8) is 0 Å². The second-order valence-electron chi connectivity index (χ2n) is 8.31. The van der Waals surface area contributed by atoms with Gasteiger partial charge in [-0.3, -0.25) is 14.5 Å². The summed E-state index contributed by atoms with van der Waals surface area (Å²) in [5.41, 5.74) is 1.66. The van der Waals surface area contributed by atoms with Crippen LogP contribution in [-0.4, -0.2) is 53.6 Å². The van der Waals surface area contributed by atoms with Crippen LogP contribution in [0.5, 0.6) is 0 Å². The zero-order valence-corrected chi connectivity index (χ0v) is 17.7. The van der Waals surface area contributed by atoms with Crippen molar-refractivity contribution in [1.29, 1.82) is 0 Å². The van der Waals surface area contributed by atoms with Crippen LogP contribution in [0.15, 0.2) is 60.7 Å². The Balaban J connectivity index is 1.22. The Kier molecular flexibility index (Phi) is 5.45. The van der Waals surface area contributed by atoms with Crippen LogP contribution in [0.3, 0.4) is 0 Å². The van der Waals surface area contributed by atoms with E-state index in [0.717, 1.165) is 11.1 Å². The van der Waals surface area contributed by atoms with E-state index in [1.807, 2.05) is 60.7 Å². The van der Waals surface area contributed by atoms with E-state index in [4.69, 9.17) is 9.47 Å². The first-order chi connectivity index (χ1) is 16.0. The maximum Gasteiger partial charge on any atom is 0.411 e. The van der Waals surface area contributed by atoms with E-state index in [1.165, 1.54) is 4.90 Å². The topological polar surface area (TPSA) is 114 Å². The smallest absolute Gasteiger partial charge is 0.411 e. The second-order valence-corrected chi connectivity index (χ2v) is 8.31. The van der Waals surface area contributed by atoms with Crippen LogP contribution in [0.25, 0.3) is 0 Å². The molecule has 0 aromatic heterocycles. The standard InChI is InChI=1S/C24H23N3O6/c28-21-19(17(25-21)14-8-3-1-4-9-14)32-23(30)16-12-7-13-27(16)24(31)33-20-18(26-22(20)29)15-10-5-2-6-11-15/h1-6,8-11,16-20H,7,12-13H2,(H,25,28)(H,26,29)/t16?,17-,18-,19-,20-/m1/s1. The van der Waals surface area contributed by atoms with E-state index in [0.29, 0.717) is 19.4 Å². The highest BCUT2D eigenvalue weighted by molar-refractivity contribution is 5.93. The van der Waals surface area contributed by atoms with Crippen molar-refractivity contribution in [3.05, 3.63) is 71.8 Å². The molecule has 3 fully saturated rings. The summed E-state index contributed by atoms with van der Waals surface area (Å²) in [7, 11) is 0. The molecular formula is C24H23N3O6. The molecule has 2 N–H and O–H groups in total. The first kappa shape index (κ1) is 21.0. The van der Waals surface area contributed by atoms with Crippen molar-refractivity contribution in [2.45, 2.75) is 43.2 Å². The Morgan fingerprint density at radius 1 is 0.788 bits per heavy atom. The summed E-state index contributed by atoms with van der Waals surface area (Å²) in [5, 5.41) is 5.47. The molecule has 3 saturated heterocycles. The number of esters is 1. The summed E-state index contributed by atoms with van der Waals surface area (Å²) in [6, 6.07) is 16.7. The van der Waals surface area contributed by atoms with Crippen molar-refractivity contribution < 1.29 is 28.7 Å². The molecule has 3 amide bonds. The van der Waals surface area contributed by atoms with E-state index in [1.54, 1.807) is 0 Å². The quantitative estimate of drug-likeness (QED) is 0.530. The van der Waals surface area contributed by atoms with Gasteiger partial charge in [0.25, 0.3) is 11.8 Å². The van der Waals surface area contributed by atoms with Gasteiger partial charge in [-0.25, -0.2) is 9.59 Å². The van der Waals surface area contributed by atoms with Gasteiger partial charge in [0.15, 0.2) is 0 Å². The van der Waals surface area contributed by atoms with Crippen molar-refractivity contribution in [3.8, 4) is 0 Å². The molecule has 0 saturated carbocycles. The molecule has 170 valence electrons. The molecule has 5 rings (SSSR count). The van der Waals surface area contributed by atoms with Gasteiger partial charge in [0.2, 0.25) is 12.2 Å². The molecule has 0 radical (unpaired) electrons. The van der Waals surface area contributed by atoms with E-state index < -0.39 is 42.4 Å². The Hall–Kier alpha value is -3.88. The number of hydrogen-bond donors (Lipinski definition) is 2. The van der Waals surface area contributed by atoms with Gasteiger partial charge in [-0.1, -0.05) is 60.7 Å². The number of carbonyl (C=O) groups is 4. The first-order valence-corrected chi connectivity index (χ1v) is 10.9. The normalized spacial score (nSPS) is 28.1. The Morgan fingerprint density at radius 2 is 1.30 bits per heavy atom. The fourth-order valence-electron chi connectivity index (χ4n) is 4.42. The molecule has 3 heterocycles. The molecule has 3 aliphatic heterocycles. The van der Waals surface area contributed by atoms with Crippen molar-refractivity contribution in [1.82, 2.24) is 15.5 Å². The maximum atomic E-state index is 12.9. The van der Waals surface area contributed by atoms with Gasteiger partial charge in [-0.15, -0.1) is 0 Å². The van der Waals surface area contributed by atoms with E-state index in [9.17, 15) is 19.2 Å². The monoisotopic (exact) mass is 449 g/mol. The van der Waals surface area contributed by atoms with E-state index in [2.05, 4.69) is 10.6 Å². The summed E-state index contributed by atoms with van der Waals surface area (Å²) >= 11 is 0. The highest BCUT2D eigenvalue weighted by atomic mass is 16.6. The fourth-order valence-corrected chi connectivity index (χ4v) is 4.42. The Bertz CT molecular complexity index is 991. The van der Waals surface area contributed by atoms with Gasteiger partial charge in [-0.2, -0.15) is 0 Å². The number of nitrogens with zero attached hydrogens (tertiary/aromatic N) is 1. The van der Waals surface area contributed by atoms with Gasteiger partial charge in [-0.05, 0) is 24.0 Å². The lowest BCUT2D eigenvalue weighted by Crippen LogP contribution is -2.60. The predicted molar refractivity (Wildman–Crippen MR) is 115 cm³/mol. The Morgan fingerprint density at radius 3 is 1.82 bits per heavy atom. The highest BCUT2D eigenvalue weighted by Gasteiger charge is 2.48. The maximum absolute atomic E-state index is 12.9. The summed E-state index contributed by atoms with van der Waals surface area (Å²) in [6.07, 6.45) is -1.66. The van der Waals surface area contributed by atoms with Crippen LogP contribution in [0.1, 0.15) is 36.1 Å². The van der Waals surface area contributed by atoms with Gasteiger partial charge < -0.3 is 20.1 Å². The van der Waals surface area contributed by atoms with Crippen molar-refractivity contribution >= 4 is 23.9 Å². The minimum Gasteiger partial charge on any atom is -0.448 e. The summed E-state index contributed by atoms with van der Waals surface area (Å²) in [4.78, 5) is 51.1. The van der Waals surface area contributed by atoms with Gasteiger partial charge >= 0.3 is 12.1 Å². The molecule has 2 aromatic carbocycles. The first-order valence-electron chi connectivity index (χ1n) is 10.9. The molecule has 0 spiro atoms. The molecule has 5 atom stereocenters. The number of carbonyl (C=O) groups excluding carboxylic acids is 4. The molecule has 0 bridgehead atoms. The molecule has 1 unspecified atom stereocenters. The van der Waals surface area contributed by atoms with Crippen LogP contribution in [0.4, 0.5) is 4.79 Å². The van der Waals surface area contributed by atoms with Crippen molar-refractivity contribution in [2.75, 3.05) is 6.54 Å². The van der Waals surface area contributed by atoms with Crippen LogP contribution in [0.2, 0.25) is 0 Å². The number of nitrogens with one attached hydrogen (secondary N) is 2. The minimum atomic E-state index is -0.961. The number of hydrogen-bond acceptors (Lipinski definition) is 6. The van der Waals surface area contributed by atoms with Crippen LogP contribution in [-0.2, 0) is 23.9 Å². The van der Waals surface area contributed by atoms with Gasteiger partial charge in [0.1, 0.15) is 18.1 Å².